The van der Waals surface area contributed by atoms with Crippen LogP contribution in [0.25, 0.3) is 0 Å². The SMILES string of the molecule is CCC(O)(CC)c1cc(Cl)ccc1N. The van der Waals surface area contributed by atoms with Crippen molar-refractivity contribution in [2.24, 2.45) is 0 Å². The summed E-state index contributed by atoms with van der Waals surface area (Å²) < 4.78 is 0. The molecule has 2 nitrogen and oxygen atoms in total. The van der Waals surface area contributed by atoms with Crippen LogP contribution in [0.5, 0.6) is 0 Å². The van der Waals surface area contributed by atoms with Crippen molar-refractivity contribution in [1.82, 2.24) is 0 Å². The van der Waals surface area contributed by atoms with Crippen LogP contribution < -0.4 is 5.73 Å². The Morgan fingerprint density at radius 1 is 1.36 bits per heavy atom. The molecule has 0 heterocycles. The molecule has 78 valence electrons. The summed E-state index contributed by atoms with van der Waals surface area (Å²) in [4.78, 5) is 0. The third kappa shape index (κ3) is 2.02. The normalized spacial score (nSPS) is 11.7. The largest absolute Gasteiger partial charge is 0.398 e. The Morgan fingerprint density at radius 3 is 2.43 bits per heavy atom. The van der Waals surface area contributed by atoms with E-state index in [4.69, 9.17) is 17.3 Å². The van der Waals surface area contributed by atoms with Crippen LogP contribution in [0.2, 0.25) is 5.02 Å². The van der Waals surface area contributed by atoms with Gasteiger partial charge < -0.3 is 10.8 Å². The van der Waals surface area contributed by atoms with E-state index in [1.165, 1.54) is 0 Å². The zero-order valence-corrected chi connectivity index (χ0v) is 9.30. The maximum atomic E-state index is 10.3. The second kappa shape index (κ2) is 4.20. The number of hydrogen-bond donors (Lipinski definition) is 2. The van der Waals surface area contributed by atoms with Gasteiger partial charge in [0.05, 0.1) is 5.60 Å². The first-order chi connectivity index (χ1) is 6.53. The van der Waals surface area contributed by atoms with Gasteiger partial charge in [0.15, 0.2) is 0 Å². The molecular weight excluding hydrogens is 198 g/mol. The van der Waals surface area contributed by atoms with E-state index in [1.54, 1.807) is 18.2 Å². The maximum absolute atomic E-state index is 10.3. The highest BCUT2D eigenvalue weighted by Gasteiger charge is 2.27. The Morgan fingerprint density at radius 2 is 1.93 bits per heavy atom. The highest BCUT2D eigenvalue weighted by molar-refractivity contribution is 6.30. The molecule has 0 aliphatic heterocycles. The van der Waals surface area contributed by atoms with Gasteiger partial charge in [-0.25, -0.2) is 0 Å². The average Bonchev–Trinajstić information content (AvgIpc) is 2.20. The van der Waals surface area contributed by atoms with Crippen molar-refractivity contribution >= 4 is 17.3 Å². The van der Waals surface area contributed by atoms with Gasteiger partial charge in [0.2, 0.25) is 0 Å². The van der Waals surface area contributed by atoms with Crippen LogP contribution in [0, 0.1) is 0 Å². The van der Waals surface area contributed by atoms with Crippen molar-refractivity contribution in [3.63, 3.8) is 0 Å². The van der Waals surface area contributed by atoms with Gasteiger partial charge >= 0.3 is 0 Å². The molecule has 0 radical (unpaired) electrons. The molecule has 0 saturated heterocycles. The number of nitrogens with two attached hydrogens (primary N) is 1. The molecule has 3 heteroatoms. The molecule has 1 rings (SSSR count). The molecule has 14 heavy (non-hydrogen) atoms. The smallest absolute Gasteiger partial charge is 0.0911 e. The van der Waals surface area contributed by atoms with E-state index in [9.17, 15) is 5.11 Å². The monoisotopic (exact) mass is 213 g/mol. The van der Waals surface area contributed by atoms with Crippen molar-refractivity contribution in [2.75, 3.05) is 5.73 Å². The number of aliphatic hydroxyl groups is 1. The molecule has 0 aliphatic rings. The van der Waals surface area contributed by atoms with Gasteiger partial charge in [0.25, 0.3) is 0 Å². The van der Waals surface area contributed by atoms with Gasteiger partial charge in [-0.1, -0.05) is 25.4 Å². The second-order valence-corrected chi connectivity index (χ2v) is 3.91. The van der Waals surface area contributed by atoms with E-state index in [2.05, 4.69) is 0 Å². The second-order valence-electron chi connectivity index (χ2n) is 3.47. The molecule has 1 aromatic rings. The summed E-state index contributed by atoms with van der Waals surface area (Å²) in [5, 5.41) is 10.9. The Balaban J connectivity index is 3.22. The van der Waals surface area contributed by atoms with Crippen LogP contribution >= 0.6 is 11.6 Å². The minimum absolute atomic E-state index is 0.598. The first-order valence-electron chi connectivity index (χ1n) is 4.81. The van der Waals surface area contributed by atoms with Gasteiger partial charge in [-0.3, -0.25) is 0 Å². The third-order valence-electron chi connectivity index (χ3n) is 2.69. The van der Waals surface area contributed by atoms with Crippen molar-refractivity contribution in [2.45, 2.75) is 32.3 Å². The lowest BCUT2D eigenvalue weighted by Gasteiger charge is -2.27. The quantitative estimate of drug-likeness (QED) is 0.759. The summed E-state index contributed by atoms with van der Waals surface area (Å²) >= 11 is 5.87. The third-order valence-corrected chi connectivity index (χ3v) is 2.92. The fraction of sp³-hybridized carbons (Fsp3) is 0.455. The van der Waals surface area contributed by atoms with Gasteiger partial charge in [-0.05, 0) is 31.0 Å². The standard InChI is InChI=1S/C11H16ClNO/c1-3-11(14,4-2)9-7-8(12)5-6-10(9)13/h5-7,14H,3-4,13H2,1-2H3. The van der Waals surface area contributed by atoms with Crippen LogP contribution in [0.1, 0.15) is 32.3 Å². The summed E-state index contributed by atoms with van der Waals surface area (Å²) in [7, 11) is 0. The number of rotatable bonds is 3. The lowest BCUT2D eigenvalue weighted by Crippen LogP contribution is -2.24. The zero-order chi connectivity index (χ0) is 10.8. The van der Waals surface area contributed by atoms with E-state index in [0.717, 1.165) is 5.56 Å². The molecule has 3 N–H and O–H groups in total. The first-order valence-corrected chi connectivity index (χ1v) is 5.19. The summed E-state index contributed by atoms with van der Waals surface area (Å²) in [5.41, 5.74) is 6.29. The predicted molar refractivity (Wildman–Crippen MR) is 60.3 cm³/mol. The maximum Gasteiger partial charge on any atom is 0.0911 e. The summed E-state index contributed by atoms with van der Waals surface area (Å²) in [6.07, 6.45) is 1.27. The zero-order valence-electron chi connectivity index (χ0n) is 8.55. The highest BCUT2D eigenvalue weighted by Crippen LogP contribution is 2.34. The Hall–Kier alpha value is -0.730. The van der Waals surface area contributed by atoms with Gasteiger partial charge in [-0.15, -0.1) is 0 Å². The minimum atomic E-state index is -0.852. The average molecular weight is 214 g/mol. The number of nitrogen functional groups attached to an aromatic ring is 1. The topological polar surface area (TPSA) is 46.2 Å². The molecule has 0 atom stereocenters. The van der Waals surface area contributed by atoms with Gasteiger partial charge in [0.1, 0.15) is 0 Å². The molecule has 0 fully saturated rings. The number of benzene rings is 1. The fourth-order valence-corrected chi connectivity index (χ4v) is 1.73. The van der Waals surface area contributed by atoms with Crippen molar-refractivity contribution < 1.29 is 5.11 Å². The Bertz CT molecular complexity index is 321. The van der Waals surface area contributed by atoms with Crippen LogP contribution in [0.3, 0.4) is 0 Å². The molecule has 0 aromatic heterocycles. The van der Waals surface area contributed by atoms with E-state index >= 15 is 0 Å². The molecular formula is C11H16ClNO. The molecule has 0 amide bonds. The van der Waals surface area contributed by atoms with Crippen LogP contribution in [-0.4, -0.2) is 5.11 Å². The summed E-state index contributed by atoms with van der Waals surface area (Å²) in [5.74, 6) is 0. The Labute approximate surface area is 89.7 Å². The highest BCUT2D eigenvalue weighted by atomic mass is 35.5. The van der Waals surface area contributed by atoms with Crippen LogP contribution in [0.4, 0.5) is 5.69 Å². The van der Waals surface area contributed by atoms with Crippen LogP contribution in [0.15, 0.2) is 18.2 Å². The fourth-order valence-electron chi connectivity index (χ4n) is 1.56. The summed E-state index contributed by atoms with van der Waals surface area (Å²) in [6.45, 7) is 3.87. The molecule has 0 spiro atoms. The number of hydrogen-bond acceptors (Lipinski definition) is 2. The molecule has 0 bridgehead atoms. The van der Waals surface area contributed by atoms with Gasteiger partial charge in [-0.2, -0.15) is 0 Å². The van der Waals surface area contributed by atoms with Crippen molar-refractivity contribution in [1.29, 1.82) is 0 Å². The lowest BCUT2D eigenvalue weighted by atomic mass is 9.87. The van der Waals surface area contributed by atoms with E-state index in [1.807, 2.05) is 13.8 Å². The van der Waals surface area contributed by atoms with Crippen LogP contribution in [-0.2, 0) is 5.60 Å². The van der Waals surface area contributed by atoms with Crippen molar-refractivity contribution in [3.8, 4) is 0 Å². The molecule has 0 unspecified atom stereocenters. The van der Waals surface area contributed by atoms with Crippen molar-refractivity contribution in [3.05, 3.63) is 28.8 Å². The first kappa shape index (κ1) is 11.3. The number of halogens is 1. The molecule has 1 aromatic carbocycles. The minimum Gasteiger partial charge on any atom is -0.398 e. The van der Waals surface area contributed by atoms with E-state index in [0.29, 0.717) is 23.6 Å². The Kier molecular flexibility index (Phi) is 3.40. The molecule has 0 saturated carbocycles. The number of anilines is 1. The van der Waals surface area contributed by atoms with Gasteiger partial charge in [0, 0.05) is 16.3 Å². The van der Waals surface area contributed by atoms with E-state index in [-0.39, 0.29) is 0 Å². The van der Waals surface area contributed by atoms with E-state index < -0.39 is 5.60 Å². The lowest BCUT2D eigenvalue weighted by molar-refractivity contribution is 0.0291. The molecule has 0 aliphatic carbocycles. The predicted octanol–water partition coefficient (Wildman–Crippen LogP) is 2.93. The summed E-state index contributed by atoms with van der Waals surface area (Å²) in [6, 6.07) is 5.20.